The van der Waals surface area contributed by atoms with Gasteiger partial charge in [0.25, 0.3) is 5.91 Å². The van der Waals surface area contributed by atoms with E-state index in [1.807, 2.05) is 26.0 Å². The standard InChI is InChI=1S/C22H27N3O4/c1-15(2)7-8-25-16(3)10-18(17(25)4)11-19(12-23)22(27)29-14-21(26)24-13-20-6-5-9-28-20/h5-6,9-11,15H,7-8,13-14H2,1-4H3,(H,24,26)/b19-11+. The number of carbonyl (C=O) groups excluding carboxylic acids is 2. The molecule has 2 aromatic rings. The zero-order valence-corrected chi connectivity index (χ0v) is 17.3. The molecule has 1 amide bonds. The molecule has 0 radical (unpaired) electrons. The normalized spacial score (nSPS) is 11.4. The molecule has 29 heavy (non-hydrogen) atoms. The van der Waals surface area contributed by atoms with Crippen molar-refractivity contribution in [2.24, 2.45) is 5.92 Å². The number of hydrogen-bond donors (Lipinski definition) is 1. The van der Waals surface area contributed by atoms with Gasteiger partial charge in [-0.25, -0.2) is 4.79 Å². The van der Waals surface area contributed by atoms with Crippen molar-refractivity contribution in [3.63, 3.8) is 0 Å². The van der Waals surface area contributed by atoms with Crippen LogP contribution in [-0.4, -0.2) is 23.1 Å². The fourth-order valence-electron chi connectivity index (χ4n) is 2.86. The topological polar surface area (TPSA) is 97.3 Å². The van der Waals surface area contributed by atoms with Gasteiger partial charge in [0, 0.05) is 17.9 Å². The van der Waals surface area contributed by atoms with Crippen molar-refractivity contribution in [1.82, 2.24) is 9.88 Å². The second kappa shape index (κ2) is 10.3. The molecule has 0 spiro atoms. The summed E-state index contributed by atoms with van der Waals surface area (Å²) in [7, 11) is 0. The molecule has 2 aromatic heterocycles. The lowest BCUT2D eigenvalue weighted by atomic mass is 10.1. The van der Waals surface area contributed by atoms with Crippen LogP contribution in [0.25, 0.3) is 6.08 Å². The average molecular weight is 397 g/mol. The molecule has 0 saturated carbocycles. The fourth-order valence-corrected chi connectivity index (χ4v) is 2.86. The van der Waals surface area contributed by atoms with Crippen LogP contribution >= 0.6 is 0 Å². The van der Waals surface area contributed by atoms with Crippen LogP contribution in [-0.2, 0) is 27.4 Å². The van der Waals surface area contributed by atoms with Crippen LogP contribution in [0.2, 0.25) is 0 Å². The molecule has 0 saturated heterocycles. The van der Waals surface area contributed by atoms with E-state index in [-0.39, 0.29) is 12.1 Å². The van der Waals surface area contributed by atoms with E-state index in [1.54, 1.807) is 12.1 Å². The fraction of sp³-hybridized carbons (Fsp3) is 0.409. The summed E-state index contributed by atoms with van der Waals surface area (Å²) in [6.07, 6.45) is 4.06. The Balaban J connectivity index is 1.98. The van der Waals surface area contributed by atoms with E-state index in [9.17, 15) is 14.9 Å². The number of aryl methyl sites for hydroxylation is 1. The van der Waals surface area contributed by atoms with E-state index >= 15 is 0 Å². The molecule has 7 heteroatoms. The highest BCUT2D eigenvalue weighted by Gasteiger charge is 2.16. The lowest BCUT2D eigenvalue weighted by Crippen LogP contribution is -2.28. The van der Waals surface area contributed by atoms with Gasteiger partial charge in [-0.2, -0.15) is 5.26 Å². The highest BCUT2D eigenvalue weighted by molar-refractivity contribution is 5.99. The number of nitrogens with one attached hydrogen (secondary N) is 1. The molecule has 0 bridgehead atoms. The average Bonchev–Trinajstić information content (AvgIpc) is 3.29. The Hall–Kier alpha value is -3.27. The van der Waals surface area contributed by atoms with Crippen LogP contribution in [0.15, 0.2) is 34.5 Å². The molecule has 154 valence electrons. The summed E-state index contributed by atoms with van der Waals surface area (Å²) in [4.78, 5) is 24.0. The molecular formula is C22H27N3O4. The molecule has 1 N–H and O–H groups in total. The number of aromatic nitrogens is 1. The Kier molecular flexibility index (Phi) is 7.84. The number of nitriles is 1. The van der Waals surface area contributed by atoms with Gasteiger partial charge in [-0.05, 0) is 56.0 Å². The van der Waals surface area contributed by atoms with E-state index in [2.05, 4.69) is 23.7 Å². The van der Waals surface area contributed by atoms with Crippen molar-refractivity contribution in [1.29, 1.82) is 5.26 Å². The van der Waals surface area contributed by atoms with Crippen LogP contribution in [0, 0.1) is 31.1 Å². The first kappa shape index (κ1) is 22.0. The van der Waals surface area contributed by atoms with Crippen molar-refractivity contribution in [3.8, 4) is 6.07 Å². The maximum atomic E-state index is 12.2. The van der Waals surface area contributed by atoms with Crippen molar-refractivity contribution >= 4 is 18.0 Å². The second-order valence-electron chi connectivity index (χ2n) is 7.26. The van der Waals surface area contributed by atoms with Gasteiger partial charge < -0.3 is 19.0 Å². The van der Waals surface area contributed by atoms with Crippen molar-refractivity contribution in [2.75, 3.05) is 6.61 Å². The molecule has 0 aliphatic carbocycles. The predicted molar refractivity (Wildman–Crippen MR) is 108 cm³/mol. The van der Waals surface area contributed by atoms with Gasteiger partial charge in [0.15, 0.2) is 6.61 Å². The van der Waals surface area contributed by atoms with E-state index in [1.165, 1.54) is 12.3 Å². The minimum absolute atomic E-state index is 0.145. The van der Waals surface area contributed by atoms with Crippen LogP contribution in [0.4, 0.5) is 0 Å². The molecule has 0 fully saturated rings. The Morgan fingerprint density at radius 1 is 1.38 bits per heavy atom. The van der Waals surface area contributed by atoms with Crippen molar-refractivity contribution in [2.45, 2.75) is 47.2 Å². The van der Waals surface area contributed by atoms with Gasteiger partial charge >= 0.3 is 5.97 Å². The Morgan fingerprint density at radius 3 is 2.76 bits per heavy atom. The van der Waals surface area contributed by atoms with Gasteiger partial charge in [-0.3, -0.25) is 4.79 Å². The third-order valence-corrected chi connectivity index (χ3v) is 4.56. The van der Waals surface area contributed by atoms with E-state index in [4.69, 9.17) is 9.15 Å². The van der Waals surface area contributed by atoms with Crippen molar-refractivity contribution < 1.29 is 18.7 Å². The molecule has 0 atom stereocenters. The third kappa shape index (κ3) is 6.39. The molecule has 2 rings (SSSR count). The van der Waals surface area contributed by atoms with Crippen LogP contribution in [0.5, 0.6) is 0 Å². The minimum atomic E-state index is -0.826. The van der Waals surface area contributed by atoms with E-state index in [0.717, 1.165) is 29.9 Å². The number of ether oxygens (including phenoxy) is 1. The van der Waals surface area contributed by atoms with Gasteiger partial charge in [0.1, 0.15) is 17.4 Å². The summed E-state index contributed by atoms with van der Waals surface area (Å²) in [6, 6.07) is 7.24. The third-order valence-electron chi connectivity index (χ3n) is 4.56. The molecule has 0 aliphatic rings. The lowest BCUT2D eigenvalue weighted by Gasteiger charge is -2.11. The molecule has 0 aliphatic heterocycles. The van der Waals surface area contributed by atoms with Gasteiger partial charge in [0.2, 0.25) is 0 Å². The first-order valence-electron chi connectivity index (χ1n) is 9.56. The number of hydrogen-bond acceptors (Lipinski definition) is 5. The van der Waals surface area contributed by atoms with E-state index < -0.39 is 18.5 Å². The summed E-state index contributed by atoms with van der Waals surface area (Å²) in [5.74, 6) is -0.125. The van der Waals surface area contributed by atoms with E-state index in [0.29, 0.717) is 11.7 Å². The number of carbonyl (C=O) groups is 2. The number of furan rings is 1. The SMILES string of the molecule is Cc1cc(/C=C(\C#N)C(=O)OCC(=O)NCc2ccco2)c(C)n1CCC(C)C. The number of esters is 1. The summed E-state index contributed by atoms with van der Waals surface area (Å²) < 4.78 is 12.3. The maximum Gasteiger partial charge on any atom is 0.349 e. The summed E-state index contributed by atoms with van der Waals surface area (Å²) in [6.45, 7) is 8.91. The molecule has 7 nitrogen and oxygen atoms in total. The Morgan fingerprint density at radius 2 is 2.14 bits per heavy atom. The second-order valence-corrected chi connectivity index (χ2v) is 7.26. The predicted octanol–water partition coefficient (Wildman–Crippen LogP) is 3.51. The van der Waals surface area contributed by atoms with Crippen LogP contribution in [0.1, 0.15) is 43.0 Å². The summed E-state index contributed by atoms with van der Waals surface area (Å²) >= 11 is 0. The largest absolute Gasteiger partial charge is 0.467 e. The number of nitrogens with zero attached hydrogens (tertiary/aromatic N) is 2. The van der Waals surface area contributed by atoms with Gasteiger partial charge in [-0.1, -0.05) is 13.8 Å². The molecule has 0 aromatic carbocycles. The minimum Gasteiger partial charge on any atom is -0.467 e. The van der Waals surface area contributed by atoms with Crippen LogP contribution in [0.3, 0.4) is 0 Å². The zero-order valence-electron chi connectivity index (χ0n) is 17.3. The van der Waals surface area contributed by atoms with Crippen LogP contribution < -0.4 is 5.32 Å². The van der Waals surface area contributed by atoms with Gasteiger partial charge in [-0.15, -0.1) is 0 Å². The van der Waals surface area contributed by atoms with Gasteiger partial charge in [0.05, 0.1) is 12.8 Å². The lowest BCUT2D eigenvalue weighted by molar-refractivity contribution is -0.144. The monoisotopic (exact) mass is 397 g/mol. The smallest absolute Gasteiger partial charge is 0.349 e. The zero-order chi connectivity index (χ0) is 21.4. The number of amides is 1. The number of rotatable bonds is 9. The molecular weight excluding hydrogens is 370 g/mol. The quantitative estimate of drug-likeness (QED) is 0.397. The summed E-state index contributed by atoms with van der Waals surface area (Å²) in [5.41, 5.74) is 2.70. The Bertz CT molecular complexity index is 915. The molecule has 2 heterocycles. The highest BCUT2D eigenvalue weighted by atomic mass is 16.5. The summed E-state index contributed by atoms with van der Waals surface area (Å²) in [5, 5.41) is 11.9. The van der Waals surface area contributed by atoms with Crippen molar-refractivity contribution in [3.05, 3.63) is 52.7 Å². The Labute approximate surface area is 171 Å². The first-order chi connectivity index (χ1) is 13.8. The highest BCUT2D eigenvalue weighted by Crippen LogP contribution is 2.20. The first-order valence-corrected chi connectivity index (χ1v) is 9.56. The maximum absolute atomic E-state index is 12.2. The molecule has 0 unspecified atom stereocenters.